The molecule has 1 aromatic rings. The minimum atomic E-state index is 0.112. The summed E-state index contributed by atoms with van der Waals surface area (Å²) in [6, 6.07) is 0. The van der Waals surface area contributed by atoms with Crippen molar-refractivity contribution < 1.29 is 9.21 Å². The molecule has 1 heterocycles. The molecule has 0 saturated carbocycles. The number of carbonyl (C=O) groups excluding carboxylic acids is 1. The van der Waals surface area contributed by atoms with E-state index in [1.54, 1.807) is 6.92 Å². The normalized spacial score (nSPS) is 10.8. The third-order valence-electron chi connectivity index (χ3n) is 3.28. The van der Waals surface area contributed by atoms with Gasteiger partial charge in [0.25, 0.3) is 0 Å². The Kier molecular flexibility index (Phi) is 5.46. The number of hydrogen-bond donors (Lipinski definition) is 0. The number of carbonyl (C=O) groups is 1. The average Bonchev–Trinajstić information content (AvgIpc) is 2.53. The van der Waals surface area contributed by atoms with Crippen LogP contribution in [0.4, 0.5) is 0 Å². The van der Waals surface area contributed by atoms with Crippen LogP contribution in [0, 0.1) is 13.8 Å². The van der Waals surface area contributed by atoms with Gasteiger partial charge in [0.2, 0.25) is 0 Å². The van der Waals surface area contributed by atoms with Crippen molar-refractivity contribution in [3.63, 3.8) is 0 Å². The monoisotopic (exact) mass is 236 g/mol. The van der Waals surface area contributed by atoms with Gasteiger partial charge >= 0.3 is 0 Å². The number of rotatable bonds is 7. The largest absolute Gasteiger partial charge is 0.465 e. The number of ketones is 1. The molecule has 0 aliphatic heterocycles. The molecule has 0 atom stereocenters. The molecule has 0 N–H and O–H groups in total. The molecule has 0 fully saturated rings. The predicted octanol–water partition coefficient (Wildman–Crippen LogP) is 4.61. The summed E-state index contributed by atoms with van der Waals surface area (Å²) in [5.41, 5.74) is 1.83. The van der Waals surface area contributed by atoms with Crippen LogP contribution in [0.5, 0.6) is 0 Å². The van der Waals surface area contributed by atoms with E-state index in [0.29, 0.717) is 0 Å². The lowest BCUT2D eigenvalue weighted by Crippen LogP contribution is -1.95. The van der Waals surface area contributed by atoms with Gasteiger partial charge in [0.15, 0.2) is 5.78 Å². The van der Waals surface area contributed by atoms with E-state index >= 15 is 0 Å². The maximum Gasteiger partial charge on any atom is 0.163 e. The average molecular weight is 236 g/mol. The lowest BCUT2D eigenvalue weighted by Gasteiger charge is -1.99. The van der Waals surface area contributed by atoms with Crippen LogP contribution in [0.25, 0.3) is 0 Å². The minimum absolute atomic E-state index is 0.112. The molecule has 0 radical (unpaired) electrons. The third-order valence-corrected chi connectivity index (χ3v) is 3.28. The summed E-state index contributed by atoms with van der Waals surface area (Å²) in [4.78, 5) is 11.5. The molecule has 0 aliphatic carbocycles. The Bertz CT molecular complexity index is 375. The van der Waals surface area contributed by atoms with Crippen LogP contribution in [0.15, 0.2) is 4.42 Å². The van der Waals surface area contributed by atoms with Crippen molar-refractivity contribution in [3.8, 4) is 0 Å². The topological polar surface area (TPSA) is 30.2 Å². The van der Waals surface area contributed by atoms with Crippen molar-refractivity contribution in [2.75, 3.05) is 0 Å². The maximum atomic E-state index is 11.5. The van der Waals surface area contributed by atoms with E-state index < -0.39 is 0 Å². The Morgan fingerprint density at radius 1 is 1.12 bits per heavy atom. The molecule has 1 rings (SSSR count). The third kappa shape index (κ3) is 3.72. The van der Waals surface area contributed by atoms with Crippen LogP contribution >= 0.6 is 0 Å². The fourth-order valence-electron chi connectivity index (χ4n) is 2.36. The summed E-state index contributed by atoms with van der Waals surface area (Å²) in [7, 11) is 0. The van der Waals surface area contributed by atoms with Crippen molar-refractivity contribution in [1.82, 2.24) is 0 Å². The Labute approximate surface area is 104 Å². The molecule has 0 bridgehead atoms. The van der Waals surface area contributed by atoms with Crippen LogP contribution in [0.1, 0.15) is 73.4 Å². The zero-order valence-electron chi connectivity index (χ0n) is 11.6. The zero-order valence-corrected chi connectivity index (χ0v) is 11.6. The molecule has 0 amide bonds. The van der Waals surface area contributed by atoms with E-state index in [4.69, 9.17) is 4.42 Å². The Morgan fingerprint density at radius 2 is 1.76 bits per heavy atom. The first-order chi connectivity index (χ1) is 8.07. The van der Waals surface area contributed by atoms with Gasteiger partial charge in [-0.05, 0) is 27.2 Å². The van der Waals surface area contributed by atoms with Crippen molar-refractivity contribution in [2.24, 2.45) is 0 Å². The van der Waals surface area contributed by atoms with Crippen molar-refractivity contribution in [2.45, 2.75) is 66.2 Å². The molecule has 0 saturated heterocycles. The van der Waals surface area contributed by atoms with E-state index in [1.165, 1.54) is 25.7 Å². The highest BCUT2D eigenvalue weighted by atomic mass is 16.3. The van der Waals surface area contributed by atoms with Crippen molar-refractivity contribution in [1.29, 1.82) is 0 Å². The molecule has 0 aromatic carbocycles. The summed E-state index contributed by atoms with van der Waals surface area (Å²) < 4.78 is 5.69. The lowest BCUT2D eigenvalue weighted by atomic mass is 10.0. The van der Waals surface area contributed by atoms with Gasteiger partial charge in [-0.1, -0.05) is 32.6 Å². The van der Waals surface area contributed by atoms with Crippen LogP contribution in [-0.4, -0.2) is 5.78 Å². The minimum Gasteiger partial charge on any atom is -0.465 e. The van der Waals surface area contributed by atoms with Crippen LogP contribution < -0.4 is 0 Å². The Balaban J connectivity index is 2.55. The van der Waals surface area contributed by atoms with Crippen molar-refractivity contribution in [3.05, 3.63) is 22.6 Å². The standard InChI is InChI=1S/C15H24O2/c1-5-6-7-8-9-10-14-11(2)15(12(3)16)13(4)17-14/h5-10H2,1-4H3. The molecular formula is C15H24O2. The summed E-state index contributed by atoms with van der Waals surface area (Å²) >= 11 is 0. The quantitative estimate of drug-likeness (QED) is 0.511. The molecule has 2 nitrogen and oxygen atoms in total. The molecule has 17 heavy (non-hydrogen) atoms. The van der Waals surface area contributed by atoms with E-state index in [9.17, 15) is 4.79 Å². The predicted molar refractivity (Wildman–Crippen MR) is 70.6 cm³/mol. The first-order valence-corrected chi connectivity index (χ1v) is 6.67. The van der Waals surface area contributed by atoms with Gasteiger partial charge < -0.3 is 4.42 Å². The van der Waals surface area contributed by atoms with Gasteiger partial charge in [-0.25, -0.2) is 0 Å². The molecule has 0 aliphatic rings. The van der Waals surface area contributed by atoms with Gasteiger partial charge in [-0.3, -0.25) is 4.79 Å². The number of unbranched alkanes of at least 4 members (excludes halogenated alkanes) is 4. The first-order valence-electron chi connectivity index (χ1n) is 6.67. The summed E-state index contributed by atoms with van der Waals surface area (Å²) in [5.74, 6) is 1.89. The molecule has 0 spiro atoms. The highest BCUT2D eigenvalue weighted by Gasteiger charge is 2.16. The van der Waals surface area contributed by atoms with Gasteiger partial charge in [-0.15, -0.1) is 0 Å². The van der Waals surface area contributed by atoms with Crippen LogP contribution in [0.3, 0.4) is 0 Å². The highest BCUT2D eigenvalue weighted by Crippen LogP contribution is 2.23. The number of aryl methyl sites for hydroxylation is 2. The molecular weight excluding hydrogens is 212 g/mol. The highest BCUT2D eigenvalue weighted by molar-refractivity contribution is 5.96. The van der Waals surface area contributed by atoms with E-state index in [-0.39, 0.29) is 5.78 Å². The fraction of sp³-hybridized carbons (Fsp3) is 0.667. The molecule has 1 aromatic heterocycles. The summed E-state index contributed by atoms with van der Waals surface area (Å²) in [5, 5.41) is 0. The SMILES string of the molecule is CCCCCCCc1oc(C)c(C(C)=O)c1C. The maximum absolute atomic E-state index is 11.5. The Hall–Kier alpha value is -1.05. The van der Waals surface area contributed by atoms with Crippen LogP contribution in [-0.2, 0) is 6.42 Å². The fourth-order valence-corrected chi connectivity index (χ4v) is 2.36. The zero-order chi connectivity index (χ0) is 12.8. The summed E-state index contributed by atoms with van der Waals surface area (Å²) in [6.45, 7) is 7.70. The van der Waals surface area contributed by atoms with Crippen LogP contribution in [0.2, 0.25) is 0 Å². The number of hydrogen-bond acceptors (Lipinski definition) is 2. The number of furan rings is 1. The van der Waals surface area contributed by atoms with Gasteiger partial charge in [0.1, 0.15) is 11.5 Å². The summed E-state index contributed by atoms with van der Waals surface area (Å²) in [6.07, 6.45) is 7.26. The number of Topliss-reactive ketones (excluding diaryl/α,β-unsaturated/α-hetero) is 1. The lowest BCUT2D eigenvalue weighted by molar-refractivity contribution is 0.101. The first kappa shape index (κ1) is 14.0. The van der Waals surface area contributed by atoms with E-state index in [0.717, 1.165) is 35.5 Å². The molecule has 2 heteroatoms. The van der Waals surface area contributed by atoms with Gasteiger partial charge in [0.05, 0.1) is 5.56 Å². The van der Waals surface area contributed by atoms with Gasteiger partial charge in [0, 0.05) is 12.0 Å². The van der Waals surface area contributed by atoms with E-state index in [1.807, 2.05) is 13.8 Å². The second-order valence-corrected chi connectivity index (χ2v) is 4.80. The molecule has 0 unspecified atom stereocenters. The van der Waals surface area contributed by atoms with Crippen molar-refractivity contribution >= 4 is 5.78 Å². The van der Waals surface area contributed by atoms with E-state index in [2.05, 4.69) is 6.92 Å². The second kappa shape index (κ2) is 6.63. The van der Waals surface area contributed by atoms with Gasteiger partial charge in [-0.2, -0.15) is 0 Å². The smallest absolute Gasteiger partial charge is 0.163 e. The molecule has 96 valence electrons. The second-order valence-electron chi connectivity index (χ2n) is 4.80. The Morgan fingerprint density at radius 3 is 2.29 bits per heavy atom.